The Bertz CT molecular complexity index is 604. The zero-order valence-electron chi connectivity index (χ0n) is 9.76. The van der Waals surface area contributed by atoms with Gasteiger partial charge in [0.25, 0.3) is 0 Å². The van der Waals surface area contributed by atoms with Gasteiger partial charge in [-0.05, 0) is 34.9 Å². The normalized spacial score (nSPS) is 9.78. The second-order valence-electron chi connectivity index (χ2n) is 3.91. The lowest BCUT2D eigenvalue weighted by Crippen LogP contribution is -1.93. The number of aliphatic hydroxyl groups is 1. The number of hydrogen-bond acceptors (Lipinski definition) is 2. The van der Waals surface area contributed by atoms with E-state index in [2.05, 4.69) is 5.92 Å². The van der Waals surface area contributed by atoms with E-state index in [1.807, 2.05) is 30.3 Å². The van der Waals surface area contributed by atoms with Crippen molar-refractivity contribution in [3.8, 4) is 23.5 Å². The van der Waals surface area contributed by atoms with E-state index in [0.717, 1.165) is 23.0 Å². The van der Waals surface area contributed by atoms with Gasteiger partial charge in [-0.1, -0.05) is 30.2 Å². The van der Waals surface area contributed by atoms with Crippen LogP contribution in [0.1, 0.15) is 21.5 Å². The van der Waals surface area contributed by atoms with E-state index in [1.165, 1.54) is 0 Å². The molecule has 88 valence electrons. The summed E-state index contributed by atoms with van der Waals surface area (Å²) in [6.07, 6.45) is 6.05. The predicted octanol–water partition coefficient (Wildman–Crippen LogP) is 2.64. The van der Waals surface area contributed by atoms with Gasteiger partial charge in [0.05, 0.1) is 6.61 Å². The van der Waals surface area contributed by atoms with Crippen LogP contribution in [0.25, 0.3) is 11.1 Å². The molecule has 0 unspecified atom stereocenters. The van der Waals surface area contributed by atoms with E-state index in [4.69, 9.17) is 11.5 Å². The van der Waals surface area contributed by atoms with Crippen molar-refractivity contribution < 1.29 is 9.90 Å². The van der Waals surface area contributed by atoms with Crippen molar-refractivity contribution in [2.45, 2.75) is 6.61 Å². The van der Waals surface area contributed by atoms with E-state index in [0.29, 0.717) is 11.1 Å². The summed E-state index contributed by atoms with van der Waals surface area (Å²) in [6.45, 7) is -0.135. The van der Waals surface area contributed by atoms with Crippen molar-refractivity contribution in [3.63, 3.8) is 0 Å². The van der Waals surface area contributed by atoms with Crippen LogP contribution in [0.5, 0.6) is 0 Å². The van der Waals surface area contributed by atoms with Gasteiger partial charge in [-0.25, -0.2) is 0 Å². The van der Waals surface area contributed by atoms with Gasteiger partial charge in [0.15, 0.2) is 0 Å². The summed E-state index contributed by atoms with van der Waals surface area (Å²) in [5.74, 6) is 2.56. The molecule has 0 aliphatic heterocycles. The zero-order chi connectivity index (χ0) is 13.0. The lowest BCUT2D eigenvalue weighted by atomic mass is 9.99. The summed E-state index contributed by atoms with van der Waals surface area (Å²) < 4.78 is 0. The standard InChI is InChI=1S/C16H12O2/c1-2-12-3-5-13(6-4-12)14-7-8-15(10-17)16(9-14)11-18/h1,3-9,11,17H,10H2. The molecule has 2 nitrogen and oxygen atoms in total. The Hall–Kier alpha value is -2.37. The second kappa shape index (κ2) is 5.31. The number of aliphatic hydroxyl groups excluding tert-OH is 1. The van der Waals surface area contributed by atoms with E-state index in [1.54, 1.807) is 12.1 Å². The highest BCUT2D eigenvalue weighted by Crippen LogP contribution is 2.22. The first-order valence-corrected chi connectivity index (χ1v) is 5.54. The first-order chi connectivity index (χ1) is 8.78. The van der Waals surface area contributed by atoms with E-state index in [9.17, 15) is 4.79 Å². The molecule has 2 rings (SSSR count). The van der Waals surface area contributed by atoms with Crippen LogP contribution in [0.15, 0.2) is 42.5 Å². The molecule has 1 N–H and O–H groups in total. The smallest absolute Gasteiger partial charge is 0.150 e. The highest BCUT2D eigenvalue weighted by atomic mass is 16.3. The molecule has 2 aromatic carbocycles. The number of hydrogen-bond donors (Lipinski definition) is 1. The Morgan fingerprint density at radius 2 is 1.78 bits per heavy atom. The molecule has 0 fully saturated rings. The summed E-state index contributed by atoms with van der Waals surface area (Å²) >= 11 is 0. The quantitative estimate of drug-likeness (QED) is 0.657. The summed E-state index contributed by atoms with van der Waals surface area (Å²) in [4.78, 5) is 10.9. The molecule has 0 heterocycles. The monoisotopic (exact) mass is 236 g/mol. The summed E-state index contributed by atoms with van der Waals surface area (Å²) in [5, 5.41) is 9.10. The minimum Gasteiger partial charge on any atom is -0.392 e. The topological polar surface area (TPSA) is 37.3 Å². The van der Waals surface area contributed by atoms with Crippen molar-refractivity contribution in [2.75, 3.05) is 0 Å². The van der Waals surface area contributed by atoms with E-state index in [-0.39, 0.29) is 6.61 Å². The van der Waals surface area contributed by atoms with Gasteiger partial charge in [-0.2, -0.15) is 0 Å². The third kappa shape index (κ3) is 2.32. The molecule has 2 aromatic rings. The van der Waals surface area contributed by atoms with E-state index < -0.39 is 0 Å². The number of terminal acetylenes is 1. The van der Waals surface area contributed by atoms with Crippen LogP contribution in [-0.2, 0) is 6.61 Å². The summed E-state index contributed by atoms with van der Waals surface area (Å²) in [6, 6.07) is 12.9. The SMILES string of the molecule is C#Cc1ccc(-c2ccc(CO)c(C=O)c2)cc1. The minimum atomic E-state index is -0.135. The minimum absolute atomic E-state index is 0.135. The maximum atomic E-state index is 10.9. The molecule has 2 heteroatoms. The van der Waals surface area contributed by atoms with Crippen LogP contribution in [0, 0.1) is 12.3 Å². The lowest BCUT2D eigenvalue weighted by molar-refractivity contribution is 0.112. The van der Waals surface area contributed by atoms with Gasteiger partial charge in [-0.15, -0.1) is 6.42 Å². The molecule has 0 radical (unpaired) electrons. The van der Waals surface area contributed by atoms with Crippen LogP contribution < -0.4 is 0 Å². The zero-order valence-corrected chi connectivity index (χ0v) is 9.76. The van der Waals surface area contributed by atoms with Crippen LogP contribution >= 0.6 is 0 Å². The van der Waals surface area contributed by atoms with Crippen LogP contribution in [0.4, 0.5) is 0 Å². The fourth-order valence-corrected chi connectivity index (χ4v) is 1.79. The molecule has 0 spiro atoms. The number of carbonyl (C=O) groups is 1. The molecule has 0 amide bonds. The molecule has 0 saturated heterocycles. The van der Waals surface area contributed by atoms with Crippen molar-refractivity contribution in [3.05, 3.63) is 59.2 Å². The molecule has 0 saturated carbocycles. The fourth-order valence-electron chi connectivity index (χ4n) is 1.79. The Morgan fingerprint density at radius 3 is 2.33 bits per heavy atom. The van der Waals surface area contributed by atoms with Gasteiger partial charge in [0.1, 0.15) is 6.29 Å². The molecule has 18 heavy (non-hydrogen) atoms. The van der Waals surface area contributed by atoms with Crippen molar-refractivity contribution in [2.24, 2.45) is 0 Å². The Morgan fingerprint density at radius 1 is 1.11 bits per heavy atom. The van der Waals surface area contributed by atoms with Gasteiger partial charge < -0.3 is 5.11 Å². The second-order valence-corrected chi connectivity index (χ2v) is 3.91. The molecular formula is C16H12O2. The first kappa shape index (κ1) is 12.1. The maximum Gasteiger partial charge on any atom is 0.150 e. The molecular weight excluding hydrogens is 224 g/mol. The van der Waals surface area contributed by atoms with Crippen molar-refractivity contribution >= 4 is 6.29 Å². The highest BCUT2D eigenvalue weighted by Gasteiger charge is 2.04. The molecule has 0 aliphatic rings. The maximum absolute atomic E-state index is 10.9. The Labute approximate surface area is 106 Å². The largest absolute Gasteiger partial charge is 0.392 e. The van der Waals surface area contributed by atoms with Crippen LogP contribution in [0.3, 0.4) is 0 Å². The van der Waals surface area contributed by atoms with Gasteiger partial charge in [-0.3, -0.25) is 4.79 Å². The molecule has 0 aliphatic carbocycles. The van der Waals surface area contributed by atoms with Crippen LogP contribution in [-0.4, -0.2) is 11.4 Å². The van der Waals surface area contributed by atoms with Gasteiger partial charge >= 0.3 is 0 Å². The number of carbonyl (C=O) groups excluding carboxylic acids is 1. The Kier molecular flexibility index (Phi) is 3.57. The fraction of sp³-hybridized carbons (Fsp3) is 0.0625. The molecule has 0 aromatic heterocycles. The third-order valence-corrected chi connectivity index (χ3v) is 2.83. The number of rotatable bonds is 3. The average molecular weight is 236 g/mol. The highest BCUT2D eigenvalue weighted by molar-refractivity contribution is 5.81. The van der Waals surface area contributed by atoms with Gasteiger partial charge in [0.2, 0.25) is 0 Å². The summed E-state index contributed by atoms with van der Waals surface area (Å²) in [7, 11) is 0. The first-order valence-electron chi connectivity index (χ1n) is 5.54. The predicted molar refractivity (Wildman–Crippen MR) is 71.1 cm³/mol. The lowest BCUT2D eigenvalue weighted by Gasteiger charge is -2.06. The van der Waals surface area contributed by atoms with Crippen LogP contribution in [0.2, 0.25) is 0 Å². The molecule has 0 bridgehead atoms. The average Bonchev–Trinajstić information content (AvgIpc) is 2.46. The third-order valence-electron chi connectivity index (χ3n) is 2.83. The number of benzene rings is 2. The molecule has 0 atom stereocenters. The van der Waals surface area contributed by atoms with Crippen molar-refractivity contribution in [1.82, 2.24) is 0 Å². The summed E-state index contributed by atoms with van der Waals surface area (Å²) in [5.41, 5.74) is 3.88. The number of aldehydes is 1. The van der Waals surface area contributed by atoms with Gasteiger partial charge in [0, 0.05) is 11.1 Å². The Balaban J connectivity index is 2.44. The van der Waals surface area contributed by atoms with Crippen molar-refractivity contribution in [1.29, 1.82) is 0 Å². The van der Waals surface area contributed by atoms with E-state index >= 15 is 0 Å².